The number of hydrogen-bond acceptors (Lipinski definition) is 6. The van der Waals surface area contributed by atoms with Crippen LogP contribution in [0.1, 0.15) is 37.8 Å². The number of hydrogen-bond donors (Lipinski definition) is 1. The van der Waals surface area contributed by atoms with Gasteiger partial charge >= 0.3 is 0 Å². The molecule has 0 bridgehead atoms. The highest BCUT2D eigenvalue weighted by Crippen LogP contribution is 2.24. The lowest BCUT2D eigenvalue weighted by Crippen LogP contribution is -2.56. The van der Waals surface area contributed by atoms with Gasteiger partial charge in [0.15, 0.2) is 0 Å². The number of anilines is 1. The molecule has 3 aromatic rings. The molecule has 2 aliphatic rings. The van der Waals surface area contributed by atoms with Crippen LogP contribution in [0.4, 0.5) is 5.82 Å². The number of benzene rings is 1. The molecule has 0 spiro atoms. The van der Waals surface area contributed by atoms with Gasteiger partial charge in [-0.25, -0.2) is 9.97 Å². The van der Waals surface area contributed by atoms with E-state index in [9.17, 15) is 9.59 Å². The first-order valence-electron chi connectivity index (χ1n) is 12.7. The van der Waals surface area contributed by atoms with E-state index in [4.69, 9.17) is 4.98 Å². The molecule has 9 heteroatoms. The van der Waals surface area contributed by atoms with Crippen LogP contribution >= 0.6 is 0 Å². The fourth-order valence-electron chi connectivity index (χ4n) is 5.20. The van der Waals surface area contributed by atoms with Gasteiger partial charge in [0.2, 0.25) is 17.8 Å². The van der Waals surface area contributed by atoms with E-state index in [0.29, 0.717) is 44.3 Å². The van der Waals surface area contributed by atoms with Crippen LogP contribution in [0.15, 0.2) is 55.2 Å². The summed E-state index contributed by atoms with van der Waals surface area (Å²) < 4.78 is 1.76. The van der Waals surface area contributed by atoms with E-state index in [-0.39, 0.29) is 23.9 Å². The van der Waals surface area contributed by atoms with Crippen molar-refractivity contribution in [3.05, 3.63) is 66.4 Å². The number of amides is 2. The summed E-state index contributed by atoms with van der Waals surface area (Å²) in [5, 5.41) is 3.24. The van der Waals surface area contributed by atoms with Gasteiger partial charge in [0.1, 0.15) is 12.1 Å². The molecule has 36 heavy (non-hydrogen) atoms. The maximum absolute atomic E-state index is 13.2. The molecule has 1 fully saturated rings. The van der Waals surface area contributed by atoms with Gasteiger partial charge in [0.25, 0.3) is 0 Å². The lowest BCUT2D eigenvalue weighted by molar-refractivity contribution is -0.133. The van der Waals surface area contributed by atoms with Gasteiger partial charge in [-0.3, -0.25) is 14.2 Å². The topological polar surface area (TPSA) is 96.2 Å². The second-order valence-corrected chi connectivity index (χ2v) is 10.1. The molecule has 1 N–H and O–H groups in total. The number of nitrogens with one attached hydrogen (secondary N) is 1. The van der Waals surface area contributed by atoms with Crippen LogP contribution in [0.25, 0.3) is 5.95 Å². The summed E-state index contributed by atoms with van der Waals surface area (Å²) in [5.74, 6) is 1.71. The molecule has 188 valence electrons. The molecule has 2 amide bonds. The van der Waals surface area contributed by atoms with Crippen molar-refractivity contribution in [3.8, 4) is 5.95 Å². The smallest absolute Gasteiger partial charge is 0.236 e. The molecule has 2 aromatic heterocycles. The second-order valence-electron chi connectivity index (χ2n) is 10.1. The average Bonchev–Trinajstić information content (AvgIpc) is 3.53. The van der Waals surface area contributed by atoms with Crippen LogP contribution in [-0.4, -0.2) is 68.0 Å². The fraction of sp³-hybridized carbons (Fsp3) is 0.444. The zero-order chi connectivity index (χ0) is 25.1. The van der Waals surface area contributed by atoms with Gasteiger partial charge in [-0.15, -0.1) is 0 Å². The molecule has 1 aromatic carbocycles. The van der Waals surface area contributed by atoms with Gasteiger partial charge in [0.05, 0.1) is 6.04 Å². The van der Waals surface area contributed by atoms with Crippen LogP contribution < -0.4 is 10.2 Å². The summed E-state index contributed by atoms with van der Waals surface area (Å²) >= 11 is 0. The Morgan fingerprint density at radius 3 is 2.56 bits per heavy atom. The number of piperazine rings is 1. The second kappa shape index (κ2) is 10.5. The minimum absolute atomic E-state index is 0.00449. The van der Waals surface area contributed by atoms with Gasteiger partial charge in [0, 0.05) is 57.1 Å². The predicted molar refractivity (Wildman–Crippen MR) is 137 cm³/mol. The Bertz CT molecular complexity index is 1190. The third kappa shape index (κ3) is 5.40. The Hall–Kier alpha value is -3.75. The van der Waals surface area contributed by atoms with Crippen LogP contribution in [0.2, 0.25) is 0 Å². The molecule has 1 atom stereocenters. The Morgan fingerprint density at radius 1 is 1.08 bits per heavy atom. The van der Waals surface area contributed by atoms with E-state index in [2.05, 4.69) is 46.2 Å². The Morgan fingerprint density at radius 2 is 1.86 bits per heavy atom. The van der Waals surface area contributed by atoms with Crippen LogP contribution in [0, 0.1) is 5.92 Å². The van der Waals surface area contributed by atoms with Crippen LogP contribution in [0.3, 0.4) is 0 Å². The monoisotopic (exact) mass is 487 g/mol. The number of fused-ring (bicyclic) bond motifs is 1. The lowest BCUT2D eigenvalue weighted by atomic mass is 10.0. The highest BCUT2D eigenvalue weighted by molar-refractivity contribution is 5.79. The maximum atomic E-state index is 13.2. The number of nitrogens with zero attached hydrogens (tertiary/aromatic N) is 6. The van der Waals surface area contributed by atoms with E-state index in [1.807, 2.05) is 23.1 Å². The van der Waals surface area contributed by atoms with Crippen LogP contribution in [0.5, 0.6) is 0 Å². The van der Waals surface area contributed by atoms with Crippen molar-refractivity contribution in [1.82, 2.24) is 29.7 Å². The van der Waals surface area contributed by atoms with Crippen molar-refractivity contribution in [2.75, 3.05) is 24.5 Å². The molecule has 0 radical (unpaired) electrons. The van der Waals surface area contributed by atoms with Crippen molar-refractivity contribution in [1.29, 1.82) is 0 Å². The third-order valence-corrected chi connectivity index (χ3v) is 6.91. The van der Waals surface area contributed by atoms with Crippen molar-refractivity contribution >= 4 is 17.6 Å². The van der Waals surface area contributed by atoms with Crippen molar-refractivity contribution in [2.24, 2.45) is 5.92 Å². The fourth-order valence-corrected chi connectivity index (χ4v) is 5.20. The van der Waals surface area contributed by atoms with Gasteiger partial charge in [-0.1, -0.05) is 38.1 Å². The number of carbonyl (C=O) groups is 2. The van der Waals surface area contributed by atoms with Gasteiger partial charge < -0.3 is 15.1 Å². The Kier molecular flexibility index (Phi) is 6.97. The van der Waals surface area contributed by atoms with Crippen molar-refractivity contribution < 1.29 is 9.59 Å². The molecule has 9 nitrogen and oxygen atoms in total. The van der Waals surface area contributed by atoms with E-state index >= 15 is 0 Å². The summed E-state index contributed by atoms with van der Waals surface area (Å²) in [5.41, 5.74) is 2.61. The SMILES string of the molecule is CC(C)CC(=O)N1CCN(c2ccnc(-n3ccnc3)n2)C(CC(=O)NC2Cc3ccccc3C2)C1. The molecule has 0 saturated carbocycles. The number of carbonyl (C=O) groups excluding carboxylic acids is 2. The summed E-state index contributed by atoms with van der Waals surface area (Å²) in [6.07, 6.45) is 9.38. The Labute approximate surface area is 211 Å². The molecule has 1 unspecified atom stereocenters. The largest absolute Gasteiger partial charge is 0.353 e. The predicted octanol–water partition coefficient (Wildman–Crippen LogP) is 2.40. The molecule has 3 heterocycles. The molecule has 1 saturated heterocycles. The van der Waals surface area contributed by atoms with Crippen molar-refractivity contribution in [2.45, 2.75) is 51.6 Å². The first-order valence-corrected chi connectivity index (χ1v) is 12.7. The zero-order valence-electron chi connectivity index (χ0n) is 20.9. The standard InChI is InChI=1S/C27H33N7O2/c1-19(2)13-26(36)32-11-12-34(24-7-8-29-27(31-24)33-10-9-28-18-33)23(17-32)16-25(35)30-22-14-20-5-3-4-6-21(20)15-22/h3-10,18-19,22-23H,11-17H2,1-2H3,(H,30,35). The van der Waals surface area contributed by atoms with Gasteiger partial charge in [-0.2, -0.15) is 4.98 Å². The molecule has 5 rings (SSSR count). The maximum Gasteiger partial charge on any atom is 0.236 e. The van der Waals surface area contributed by atoms with E-state index in [1.165, 1.54) is 11.1 Å². The average molecular weight is 488 g/mol. The summed E-state index contributed by atoms with van der Waals surface area (Å²) in [6, 6.07) is 10.2. The third-order valence-electron chi connectivity index (χ3n) is 6.91. The van der Waals surface area contributed by atoms with E-state index < -0.39 is 0 Å². The zero-order valence-corrected chi connectivity index (χ0v) is 20.9. The lowest BCUT2D eigenvalue weighted by Gasteiger charge is -2.42. The summed E-state index contributed by atoms with van der Waals surface area (Å²) in [7, 11) is 0. The molecular weight excluding hydrogens is 454 g/mol. The summed E-state index contributed by atoms with van der Waals surface area (Å²) in [6.45, 7) is 5.81. The quantitative estimate of drug-likeness (QED) is 0.550. The highest BCUT2D eigenvalue weighted by atomic mass is 16.2. The number of rotatable bonds is 7. The van der Waals surface area contributed by atoms with E-state index in [1.54, 1.807) is 29.5 Å². The first-order chi connectivity index (χ1) is 17.5. The van der Waals surface area contributed by atoms with Crippen molar-refractivity contribution in [3.63, 3.8) is 0 Å². The number of imidazole rings is 1. The molecule has 1 aliphatic heterocycles. The van der Waals surface area contributed by atoms with Crippen LogP contribution in [-0.2, 0) is 22.4 Å². The highest BCUT2D eigenvalue weighted by Gasteiger charge is 2.33. The minimum Gasteiger partial charge on any atom is -0.353 e. The number of aromatic nitrogens is 4. The van der Waals surface area contributed by atoms with Gasteiger partial charge in [-0.05, 0) is 36.0 Å². The summed E-state index contributed by atoms with van der Waals surface area (Å²) in [4.78, 5) is 43.3. The molecule has 1 aliphatic carbocycles. The van der Waals surface area contributed by atoms with E-state index in [0.717, 1.165) is 18.7 Å². The minimum atomic E-state index is -0.177. The molecular formula is C27H33N7O2. The normalized spacial score (nSPS) is 17.9. The first kappa shape index (κ1) is 24.0. The Balaban J connectivity index is 1.32.